The normalized spacial score (nSPS) is 14.1. The van der Waals surface area contributed by atoms with Gasteiger partial charge in [0.25, 0.3) is 0 Å². The summed E-state index contributed by atoms with van der Waals surface area (Å²) in [7, 11) is 1.45. The molecule has 0 fully saturated rings. The van der Waals surface area contributed by atoms with Crippen molar-refractivity contribution in [2.24, 2.45) is 0 Å². The Bertz CT molecular complexity index is 231. The minimum Gasteiger partial charge on any atom is -0.479 e. The number of rotatable bonds is 5. The highest BCUT2D eigenvalue weighted by Crippen LogP contribution is 1.89. The summed E-state index contributed by atoms with van der Waals surface area (Å²) in [4.78, 5) is 22.6. The summed E-state index contributed by atoms with van der Waals surface area (Å²) in [5, 5.41) is 28.4. The van der Waals surface area contributed by atoms with Gasteiger partial charge in [0, 0.05) is 13.6 Å². The highest BCUT2D eigenvalue weighted by Gasteiger charge is 2.16. The van der Waals surface area contributed by atoms with E-state index in [0.717, 1.165) is 0 Å². The lowest BCUT2D eigenvalue weighted by Crippen LogP contribution is -2.44. The Hall–Kier alpha value is -1.34. The standard InChI is InChI=1S/C8H16N2O5/c1-5(11)4-10(2)8(15)9-3-6(12)7(13)14/h5-6,11-12H,3-4H2,1-2H3,(H,9,15)(H,13,14)/t5?,6-/m0/s1. The number of amides is 2. The highest BCUT2D eigenvalue weighted by atomic mass is 16.4. The van der Waals surface area contributed by atoms with E-state index >= 15 is 0 Å². The summed E-state index contributed by atoms with van der Waals surface area (Å²) in [5.74, 6) is -1.39. The molecule has 7 nitrogen and oxygen atoms in total. The van der Waals surface area contributed by atoms with Crippen molar-refractivity contribution in [2.45, 2.75) is 19.1 Å². The van der Waals surface area contributed by atoms with Gasteiger partial charge in [0.2, 0.25) is 0 Å². The van der Waals surface area contributed by atoms with Gasteiger partial charge in [-0.1, -0.05) is 0 Å². The van der Waals surface area contributed by atoms with Crippen molar-refractivity contribution < 1.29 is 24.9 Å². The molecule has 0 aromatic heterocycles. The van der Waals surface area contributed by atoms with Gasteiger partial charge in [0.05, 0.1) is 12.6 Å². The van der Waals surface area contributed by atoms with E-state index in [1.54, 1.807) is 0 Å². The number of aliphatic carboxylic acids is 1. The Kier molecular flexibility index (Phi) is 5.65. The molecule has 0 rings (SSSR count). The summed E-state index contributed by atoms with van der Waals surface area (Å²) in [6.07, 6.45) is -2.28. The van der Waals surface area contributed by atoms with Crippen LogP contribution in [0.25, 0.3) is 0 Å². The molecule has 0 radical (unpaired) electrons. The van der Waals surface area contributed by atoms with Crippen LogP contribution in [-0.2, 0) is 4.79 Å². The van der Waals surface area contributed by atoms with Gasteiger partial charge in [-0.25, -0.2) is 9.59 Å². The SMILES string of the molecule is CC(O)CN(C)C(=O)NC[C@H](O)C(=O)O. The van der Waals surface area contributed by atoms with Crippen LogP contribution in [0.15, 0.2) is 0 Å². The number of carbonyl (C=O) groups excluding carboxylic acids is 1. The van der Waals surface area contributed by atoms with Gasteiger partial charge in [-0.3, -0.25) is 0 Å². The molecule has 0 saturated heterocycles. The molecule has 0 bridgehead atoms. The van der Waals surface area contributed by atoms with Crippen molar-refractivity contribution in [1.29, 1.82) is 0 Å². The summed E-state index contributed by atoms with van der Waals surface area (Å²) in [6.45, 7) is 1.29. The molecular formula is C8H16N2O5. The fourth-order valence-electron chi connectivity index (χ4n) is 0.886. The van der Waals surface area contributed by atoms with E-state index in [1.807, 2.05) is 0 Å². The molecule has 2 amide bonds. The molecule has 0 aliphatic rings. The van der Waals surface area contributed by atoms with Crippen LogP contribution in [0.1, 0.15) is 6.92 Å². The number of aliphatic hydroxyl groups excluding tert-OH is 2. The van der Waals surface area contributed by atoms with Gasteiger partial charge >= 0.3 is 12.0 Å². The number of carbonyl (C=O) groups is 2. The van der Waals surface area contributed by atoms with Crippen LogP contribution < -0.4 is 5.32 Å². The number of hydrogen-bond donors (Lipinski definition) is 4. The molecule has 4 N–H and O–H groups in total. The van der Waals surface area contributed by atoms with Gasteiger partial charge in [-0.2, -0.15) is 0 Å². The molecule has 15 heavy (non-hydrogen) atoms. The first-order valence-electron chi connectivity index (χ1n) is 4.42. The molecule has 0 aromatic carbocycles. The van der Waals surface area contributed by atoms with Gasteiger partial charge in [0.15, 0.2) is 6.10 Å². The monoisotopic (exact) mass is 220 g/mol. The molecule has 0 saturated carbocycles. The van der Waals surface area contributed by atoms with E-state index in [0.29, 0.717) is 0 Å². The third kappa shape index (κ3) is 5.87. The Balaban J connectivity index is 3.88. The van der Waals surface area contributed by atoms with Crippen LogP contribution in [-0.4, -0.2) is 64.6 Å². The average molecular weight is 220 g/mol. The predicted octanol–water partition coefficient (Wildman–Crippen LogP) is -1.55. The van der Waals surface area contributed by atoms with E-state index in [2.05, 4.69) is 5.32 Å². The fraction of sp³-hybridized carbons (Fsp3) is 0.750. The Morgan fingerprint density at radius 3 is 2.33 bits per heavy atom. The second-order valence-corrected chi connectivity index (χ2v) is 3.27. The molecule has 7 heteroatoms. The van der Waals surface area contributed by atoms with Crippen LogP contribution in [0.4, 0.5) is 4.79 Å². The van der Waals surface area contributed by atoms with Crippen molar-refractivity contribution in [2.75, 3.05) is 20.1 Å². The van der Waals surface area contributed by atoms with Gasteiger partial charge in [0.1, 0.15) is 0 Å². The molecule has 0 aliphatic heterocycles. The molecule has 0 aliphatic carbocycles. The molecule has 0 heterocycles. The summed E-state index contributed by atoms with van der Waals surface area (Å²) in [6, 6.07) is -0.545. The number of hydrogen-bond acceptors (Lipinski definition) is 4. The van der Waals surface area contributed by atoms with Crippen molar-refractivity contribution >= 4 is 12.0 Å². The van der Waals surface area contributed by atoms with Crippen LogP contribution in [0.5, 0.6) is 0 Å². The van der Waals surface area contributed by atoms with Crippen molar-refractivity contribution in [1.82, 2.24) is 10.2 Å². The third-order valence-electron chi connectivity index (χ3n) is 1.62. The number of carboxylic acid groups (broad SMARTS) is 1. The summed E-state index contributed by atoms with van der Waals surface area (Å²) in [5.41, 5.74) is 0. The van der Waals surface area contributed by atoms with E-state index in [9.17, 15) is 9.59 Å². The molecule has 1 unspecified atom stereocenters. The first-order valence-corrected chi connectivity index (χ1v) is 4.42. The summed E-state index contributed by atoms with van der Waals surface area (Å²) < 4.78 is 0. The van der Waals surface area contributed by atoms with E-state index in [1.165, 1.54) is 18.9 Å². The second kappa shape index (κ2) is 6.20. The predicted molar refractivity (Wildman–Crippen MR) is 51.4 cm³/mol. The van der Waals surface area contributed by atoms with Crippen LogP contribution in [0.3, 0.4) is 0 Å². The molecule has 88 valence electrons. The van der Waals surface area contributed by atoms with Gasteiger partial charge in [-0.15, -0.1) is 0 Å². The molecule has 2 atom stereocenters. The summed E-state index contributed by atoms with van der Waals surface area (Å²) >= 11 is 0. The second-order valence-electron chi connectivity index (χ2n) is 3.27. The molecule has 0 aromatic rings. The lowest BCUT2D eigenvalue weighted by Gasteiger charge is -2.19. The Labute approximate surface area is 87.3 Å². The maximum absolute atomic E-state index is 11.2. The number of nitrogens with one attached hydrogen (secondary N) is 1. The minimum absolute atomic E-state index is 0.134. The van der Waals surface area contributed by atoms with Gasteiger partial charge in [-0.05, 0) is 6.92 Å². The number of urea groups is 1. The molecular weight excluding hydrogens is 204 g/mol. The quantitative estimate of drug-likeness (QED) is 0.448. The lowest BCUT2D eigenvalue weighted by molar-refractivity contribution is -0.146. The van der Waals surface area contributed by atoms with Crippen molar-refractivity contribution in [3.63, 3.8) is 0 Å². The Morgan fingerprint density at radius 1 is 1.40 bits per heavy atom. The zero-order valence-corrected chi connectivity index (χ0v) is 8.67. The lowest BCUT2D eigenvalue weighted by atomic mass is 10.3. The zero-order chi connectivity index (χ0) is 12.0. The van der Waals surface area contributed by atoms with Crippen LogP contribution >= 0.6 is 0 Å². The van der Waals surface area contributed by atoms with Crippen LogP contribution in [0.2, 0.25) is 0 Å². The minimum atomic E-state index is -1.62. The maximum Gasteiger partial charge on any atom is 0.334 e. The van der Waals surface area contributed by atoms with Crippen molar-refractivity contribution in [3.05, 3.63) is 0 Å². The topological polar surface area (TPSA) is 110 Å². The first kappa shape index (κ1) is 13.7. The van der Waals surface area contributed by atoms with E-state index < -0.39 is 24.2 Å². The fourth-order valence-corrected chi connectivity index (χ4v) is 0.886. The number of nitrogens with zero attached hydrogens (tertiary/aromatic N) is 1. The maximum atomic E-state index is 11.2. The Morgan fingerprint density at radius 2 is 1.93 bits per heavy atom. The largest absolute Gasteiger partial charge is 0.479 e. The van der Waals surface area contributed by atoms with E-state index in [4.69, 9.17) is 15.3 Å². The molecule has 0 spiro atoms. The smallest absolute Gasteiger partial charge is 0.334 e. The van der Waals surface area contributed by atoms with E-state index in [-0.39, 0.29) is 13.1 Å². The number of aliphatic hydroxyl groups is 2. The number of carboxylic acids is 1. The van der Waals surface area contributed by atoms with Crippen LogP contribution in [0, 0.1) is 0 Å². The zero-order valence-electron chi connectivity index (χ0n) is 8.67. The highest BCUT2D eigenvalue weighted by molar-refractivity contribution is 5.76. The van der Waals surface area contributed by atoms with Crippen molar-refractivity contribution in [3.8, 4) is 0 Å². The first-order chi connectivity index (χ1) is 6.84. The third-order valence-corrected chi connectivity index (χ3v) is 1.62. The average Bonchev–Trinajstić information content (AvgIpc) is 2.12. The van der Waals surface area contributed by atoms with Gasteiger partial charge < -0.3 is 25.5 Å². The number of likely N-dealkylation sites (N-methyl/N-ethyl adjacent to an activating group) is 1.